The van der Waals surface area contributed by atoms with Crippen molar-refractivity contribution in [3.8, 4) is 0 Å². The first-order valence-corrected chi connectivity index (χ1v) is 8.08. The highest BCUT2D eigenvalue weighted by Gasteiger charge is 2.38. The number of rotatable bonds is 5. The maximum atomic E-state index is 12.1. The predicted molar refractivity (Wildman–Crippen MR) is 96.0 cm³/mol. The summed E-state index contributed by atoms with van der Waals surface area (Å²) in [6.07, 6.45) is 1.23. The van der Waals surface area contributed by atoms with Crippen molar-refractivity contribution >= 4 is 23.4 Å². The Labute approximate surface area is 159 Å². The molecule has 3 N–H and O–H groups in total. The van der Waals surface area contributed by atoms with Gasteiger partial charge in [0.05, 0.1) is 24.3 Å². The van der Waals surface area contributed by atoms with Crippen molar-refractivity contribution in [2.24, 2.45) is 5.92 Å². The molecule has 0 saturated heterocycles. The molecule has 2 aromatic heterocycles. The van der Waals surface area contributed by atoms with E-state index >= 15 is 0 Å². The van der Waals surface area contributed by atoms with Crippen molar-refractivity contribution < 1.29 is 27.9 Å². The summed E-state index contributed by atoms with van der Waals surface area (Å²) in [7, 11) is 0. The van der Waals surface area contributed by atoms with E-state index in [1.807, 2.05) is 13.0 Å². The summed E-state index contributed by atoms with van der Waals surface area (Å²) in [5.74, 6) is -1.87. The van der Waals surface area contributed by atoms with Gasteiger partial charge in [-0.1, -0.05) is 13.8 Å². The molecule has 0 atom stereocenters. The van der Waals surface area contributed by atoms with Gasteiger partial charge in [-0.2, -0.15) is 13.2 Å². The molecule has 0 aromatic carbocycles. The lowest BCUT2D eigenvalue weighted by atomic mass is 10.2. The molecule has 2 rings (SSSR count). The number of carbonyl (C=O) groups is 2. The Kier molecular flexibility index (Phi) is 8.29. The highest BCUT2D eigenvalue weighted by atomic mass is 19.4. The van der Waals surface area contributed by atoms with Crippen LogP contribution < -0.4 is 10.6 Å². The average molecular weight is 399 g/mol. The van der Waals surface area contributed by atoms with Gasteiger partial charge in [-0.3, -0.25) is 9.78 Å². The first kappa shape index (κ1) is 22.8. The summed E-state index contributed by atoms with van der Waals surface area (Å²) in [6.45, 7) is 6.94. The molecule has 2 aromatic rings. The predicted octanol–water partition coefficient (Wildman–Crippen LogP) is 3.13. The fraction of sp³-hybridized carbons (Fsp3) is 0.353. The quantitative estimate of drug-likeness (QED) is 0.707. The van der Waals surface area contributed by atoms with E-state index in [0.29, 0.717) is 17.4 Å². The van der Waals surface area contributed by atoms with E-state index in [4.69, 9.17) is 9.90 Å². The number of aliphatic carboxylic acids is 1. The molecule has 0 unspecified atom stereocenters. The SMILES string of the molecule is Cc1ccncc1NC(=O)c1cnc(NCC(C)C)cn1.O=C(O)C(F)(F)F. The van der Waals surface area contributed by atoms with E-state index in [9.17, 15) is 18.0 Å². The number of carbonyl (C=O) groups excluding carboxylic acids is 1. The number of aromatic nitrogens is 3. The van der Waals surface area contributed by atoms with E-state index in [1.54, 1.807) is 18.6 Å². The summed E-state index contributed by atoms with van der Waals surface area (Å²) >= 11 is 0. The molecular formula is C17H20F3N5O3. The summed E-state index contributed by atoms with van der Waals surface area (Å²) in [5.41, 5.74) is 1.89. The van der Waals surface area contributed by atoms with Gasteiger partial charge in [-0.05, 0) is 24.5 Å². The van der Waals surface area contributed by atoms with Crippen LogP contribution in [-0.2, 0) is 4.79 Å². The molecule has 11 heteroatoms. The standard InChI is InChI=1S/C15H19N5O.C2HF3O2/c1-10(2)6-18-14-9-17-13(8-19-14)15(21)20-12-7-16-5-4-11(12)3;3-2(4,5)1(6)7/h4-5,7-10H,6H2,1-3H3,(H,18,19)(H,20,21);(H,6,7). The summed E-state index contributed by atoms with van der Waals surface area (Å²) in [6, 6.07) is 1.83. The molecule has 0 saturated carbocycles. The van der Waals surface area contributed by atoms with Crippen molar-refractivity contribution in [1.29, 1.82) is 0 Å². The third-order valence-electron chi connectivity index (χ3n) is 3.11. The minimum absolute atomic E-state index is 0.272. The van der Waals surface area contributed by atoms with Crippen LogP contribution in [0.2, 0.25) is 0 Å². The van der Waals surface area contributed by atoms with Crippen molar-refractivity contribution in [3.05, 3.63) is 42.1 Å². The van der Waals surface area contributed by atoms with Crippen molar-refractivity contribution in [3.63, 3.8) is 0 Å². The molecule has 0 radical (unpaired) electrons. The molecule has 1 amide bonds. The number of nitrogens with zero attached hydrogens (tertiary/aromatic N) is 3. The zero-order chi connectivity index (χ0) is 21.3. The topological polar surface area (TPSA) is 117 Å². The van der Waals surface area contributed by atoms with Gasteiger partial charge in [0.2, 0.25) is 0 Å². The molecule has 0 aliphatic rings. The van der Waals surface area contributed by atoms with Crippen LogP contribution in [0.3, 0.4) is 0 Å². The maximum Gasteiger partial charge on any atom is 0.490 e. The number of carboxylic acids is 1. The maximum absolute atomic E-state index is 12.1. The lowest BCUT2D eigenvalue weighted by Crippen LogP contribution is -2.21. The van der Waals surface area contributed by atoms with Crippen LogP contribution in [0.4, 0.5) is 24.7 Å². The van der Waals surface area contributed by atoms with E-state index in [-0.39, 0.29) is 11.6 Å². The Morgan fingerprint density at radius 2 is 1.82 bits per heavy atom. The number of amides is 1. The summed E-state index contributed by atoms with van der Waals surface area (Å²) in [4.78, 5) is 33.3. The van der Waals surface area contributed by atoms with Crippen LogP contribution in [0.15, 0.2) is 30.9 Å². The smallest absolute Gasteiger partial charge is 0.475 e. The van der Waals surface area contributed by atoms with Gasteiger partial charge in [0.15, 0.2) is 0 Å². The fourth-order valence-corrected chi connectivity index (χ4v) is 1.63. The van der Waals surface area contributed by atoms with Crippen molar-refractivity contribution in [1.82, 2.24) is 15.0 Å². The summed E-state index contributed by atoms with van der Waals surface area (Å²) < 4.78 is 31.7. The van der Waals surface area contributed by atoms with E-state index < -0.39 is 12.1 Å². The van der Waals surface area contributed by atoms with Gasteiger partial charge in [0, 0.05) is 12.7 Å². The molecule has 0 bridgehead atoms. The van der Waals surface area contributed by atoms with Crippen LogP contribution in [0, 0.1) is 12.8 Å². The number of aryl methyl sites for hydroxylation is 1. The summed E-state index contributed by atoms with van der Waals surface area (Å²) in [5, 5.41) is 13.1. The number of halogens is 3. The zero-order valence-electron chi connectivity index (χ0n) is 15.4. The normalized spacial score (nSPS) is 10.7. The fourth-order valence-electron chi connectivity index (χ4n) is 1.63. The van der Waals surface area contributed by atoms with Crippen LogP contribution >= 0.6 is 0 Å². The second-order valence-electron chi connectivity index (χ2n) is 6.01. The lowest BCUT2D eigenvalue weighted by Gasteiger charge is -2.09. The third-order valence-corrected chi connectivity index (χ3v) is 3.11. The molecule has 28 heavy (non-hydrogen) atoms. The Balaban J connectivity index is 0.000000480. The molecule has 0 spiro atoms. The van der Waals surface area contributed by atoms with Gasteiger partial charge < -0.3 is 15.7 Å². The van der Waals surface area contributed by atoms with Gasteiger partial charge >= 0.3 is 12.1 Å². The Morgan fingerprint density at radius 3 is 2.29 bits per heavy atom. The number of nitrogens with one attached hydrogen (secondary N) is 2. The number of hydrogen-bond acceptors (Lipinski definition) is 6. The van der Waals surface area contributed by atoms with Crippen LogP contribution in [-0.4, -0.2) is 44.7 Å². The minimum atomic E-state index is -5.08. The van der Waals surface area contributed by atoms with Crippen LogP contribution in [0.5, 0.6) is 0 Å². The zero-order valence-corrected chi connectivity index (χ0v) is 15.4. The second-order valence-corrected chi connectivity index (χ2v) is 6.01. The largest absolute Gasteiger partial charge is 0.490 e. The van der Waals surface area contributed by atoms with Crippen LogP contribution in [0.25, 0.3) is 0 Å². The van der Waals surface area contributed by atoms with Crippen LogP contribution in [0.1, 0.15) is 29.9 Å². The van der Waals surface area contributed by atoms with Gasteiger partial charge in [-0.25, -0.2) is 14.8 Å². The molecule has 0 aliphatic carbocycles. The van der Waals surface area contributed by atoms with E-state index in [2.05, 4.69) is 39.4 Å². The van der Waals surface area contributed by atoms with Gasteiger partial charge in [0.1, 0.15) is 11.5 Å². The highest BCUT2D eigenvalue weighted by molar-refractivity contribution is 6.03. The number of alkyl halides is 3. The number of carboxylic acid groups (broad SMARTS) is 1. The molecule has 0 aliphatic heterocycles. The monoisotopic (exact) mass is 399 g/mol. The first-order valence-electron chi connectivity index (χ1n) is 8.08. The Morgan fingerprint density at radius 1 is 1.18 bits per heavy atom. The van der Waals surface area contributed by atoms with Gasteiger partial charge in [-0.15, -0.1) is 0 Å². The third kappa shape index (κ3) is 7.98. The molecule has 0 fully saturated rings. The number of anilines is 2. The van der Waals surface area contributed by atoms with Crippen molar-refractivity contribution in [2.45, 2.75) is 26.9 Å². The first-order chi connectivity index (χ1) is 13.0. The second kappa shape index (κ2) is 10.2. The van der Waals surface area contributed by atoms with E-state index in [0.717, 1.165) is 12.1 Å². The van der Waals surface area contributed by atoms with Gasteiger partial charge in [0.25, 0.3) is 5.91 Å². The molecular weight excluding hydrogens is 379 g/mol. The van der Waals surface area contributed by atoms with E-state index in [1.165, 1.54) is 6.20 Å². The molecule has 152 valence electrons. The average Bonchev–Trinajstić information content (AvgIpc) is 2.62. The Bertz CT molecular complexity index is 795. The lowest BCUT2D eigenvalue weighted by molar-refractivity contribution is -0.192. The minimum Gasteiger partial charge on any atom is -0.475 e. The van der Waals surface area contributed by atoms with Crippen molar-refractivity contribution in [2.75, 3.05) is 17.2 Å². The molecule has 8 nitrogen and oxygen atoms in total. The number of pyridine rings is 1. The Hall–Kier alpha value is -3.24. The molecule has 2 heterocycles. The highest BCUT2D eigenvalue weighted by Crippen LogP contribution is 2.13. The number of hydrogen-bond donors (Lipinski definition) is 3.